The zero-order valence-electron chi connectivity index (χ0n) is 12.6. The van der Waals surface area contributed by atoms with E-state index in [0.717, 1.165) is 11.1 Å². The van der Waals surface area contributed by atoms with Crippen LogP contribution in [0.5, 0.6) is 17.2 Å². The summed E-state index contributed by atoms with van der Waals surface area (Å²) in [6, 6.07) is 6.93. The fourth-order valence-corrected chi connectivity index (χ4v) is 2.51. The summed E-state index contributed by atoms with van der Waals surface area (Å²) in [4.78, 5) is 0. The van der Waals surface area contributed by atoms with Gasteiger partial charge in [0.15, 0.2) is 11.5 Å². The number of hydrogen-bond acceptors (Lipinski definition) is 3. The molecule has 0 atom stereocenters. The minimum absolute atomic E-state index is 0.0956. The van der Waals surface area contributed by atoms with E-state index >= 15 is 0 Å². The summed E-state index contributed by atoms with van der Waals surface area (Å²) in [5.74, 6) is -0.350. The fraction of sp³-hybridized carbons (Fsp3) is 0.158. The van der Waals surface area contributed by atoms with Crippen LogP contribution in [0.25, 0.3) is 11.1 Å². The molecule has 0 spiro atoms. The number of aryl methyl sites for hydroxylation is 1. The molecule has 0 heterocycles. The highest BCUT2D eigenvalue weighted by Crippen LogP contribution is 2.43. The van der Waals surface area contributed by atoms with E-state index in [2.05, 4.69) is 13.2 Å². The van der Waals surface area contributed by atoms with Gasteiger partial charge < -0.3 is 15.3 Å². The van der Waals surface area contributed by atoms with Crippen LogP contribution in [0.15, 0.2) is 49.6 Å². The average molecular weight is 296 g/mol. The summed E-state index contributed by atoms with van der Waals surface area (Å²) in [6.45, 7) is 9.20. The zero-order valence-corrected chi connectivity index (χ0v) is 12.6. The molecule has 114 valence electrons. The second-order valence-corrected chi connectivity index (χ2v) is 5.31. The van der Waals surface area contributed by atoms with Crippen LogP contribution < -0.4 is 0 Å². The lowest BCUT2D eigenvalue weighted by atomic mass is 9.94. The van der Waals surface area contributed by atoms with Crippen LogP contribution in [0, 0.1) is 6.92 Å². The normalized spacial score (nSPS) is 10.4. The number of allylic oxidation sites excluding steroid dienone is 2. The molecule has 0 aliphatic carbocycles. The number of hydrogen-bond donors (Lipinski definition) is 3. The maximum absolute atomic E-state index is 10.3. The maximum Gasteiger partial charge on any atom is 0.165 e. The minimum atomic E-state index is -0.238. The molecule has 2 aromatic carbocycles. The average Bonchev–Trinajstić information content (AvgIpc) is 2.47. The van der Waals surface area contributed by atoms with Crippen LogP contribution in [-0.4, -0.2) is 15.3 Å². The van der Waals surface area contributed by atoms with Crippen LogP contribution in [0.3, 0.4) is 0 Å². The third-order valence-corrected chi connectivity index (χ3v) is 3.56. The number of phenols is 3. The van der Waals surface area contributed by atoms with Gasteiger partial charge in [0.25, 0.3) is 0 Å². The van der Waals surface area contributed by atoms with E-state index in [1.165, 1.54) is 6.07 Å². The van der Waals surface area contributed by atoms with Crippen molar-refractivity contribution in [2.45, 2.75) is 19.8 Å². The fourth-order valence-electron chi connectivity index (χ4n) is 2.51. The van der Waals surface area contributed by atoms with Crippen LogP contribution in [-0.2, 0) is 12.8 Å². The molecule has 3 heteroatoms. The Bertz CT molecular complexity index is 666. The first-order chi connectivity index (χ1) is 10.5. The Kier molecular flexibility index (Phi) is 4.56. The van der Waals surface area contributed by atoms with Gasteiger partial charge in [-0.1, -0.05) is 18.2 Å². The molecule has 22 heavy (non-hydrogen) atoms. The Hall–Kier alpha value is -2.68. The smallest absolute Gasteiger partial charge is 0.165 e. The van der Waals surface area contributed by atoms with E-state index in [9.17, 15) is 15.3 Å². The predicted molar refractivity (Wildman–Crippen MR) is 89.4 cm³/mol. The molecule has 0 amide bonds. The van der Waals surface area contributed by atoms with Crippen molar-refractivity contribution in [3.63, 3.8) is 0 Å². The van der Waals surface area contributed by atoms with Crippen molar-refractivity contribution >= 4 is 0 Å². The molecular formula is C19H20O3. The van der Waals surface area contributed by atoms with E-state index < -0.39 is 0 Å². The molecule has 0 aliphatic heterocycles. The Morgan fingerprint density at radius 2 is 1.32 bits per heavy atom. The number of rotatable bonds is 5. The molecule has 0 radical (unpaired) electrons. The molecular weight excluding hydrogens is 276 g/mol. The Morgan fingerprint density at radius 1 is 0.818 bits per heavy atom. The van der Waals surface area contributed by atoms with Crippen molar-refractivity contribution in [2.75, 3.05) is 0 Å². The second-order valence-electron chi connectivity index (χ2n) is 5.31. The number of aromatic hydroxyl groups is 3. The van der Waals surface area contributed by atoms with Gasteiger partial charge in [-0.05, 0) is 54.7 Å². The molecule has 0 aliphatic rings. The quantitative estimate of drug-likeness (QED) is 0.571. The molecule has 2 aromatic rings. The Balaban J connectivity index is 2.69. The van der Waals surface area contributed by atoms with Crippen molar-refractivity contribution in [3.05, 3.63) is 66.3 Å². The molecule has 3 nitrogen and oxygen atoms in total. The molecule has 0 saturated heterocycles. The summed E-state index contributed by atoms with van der Waals surface area (Å²) >= 11 is 0. The van der Waals surface area contributed by atoms with Crippen molar-refractivity contribution < 1.29 is 15.3 Å². The third kappa shape index (κ3) is 2.98. The summed E-state index contributed by atoms with van der Waals surface area (Å²) in [5.41, 5.74) is 3.40. The second kappa shape index (κ2) is 6.39. The van der Waals surface area contributed by atoms with Gasteiger partial charge in [-0.2, -0.15) is 0 Å². The highest BCUT2D eigenvalue weighted by atomic mass is 16.3. The maximum atomic E-state index is 10.3. The van der Waals surface area contributed by atoms with Gasteiger partial charge in [0.1, 0.15) is 5.75 Å². The zero-order chi connectivity index (χ0) is 16.3. The molecule has 0 fully saturated rings. The summed E-state index contributed by atoms with van der Waals surface area (Å²) in [5, 5.41) is 30.4. The van der Waals surface area contributed by atoms with E-state index in [0.29, 0.717) is 29.5 Å². The lowest BCUT2D eigenvalue weighted by molar-refractivity contribution is 0.404. The van der Waals surface area contributed by atoms with Gasteiger partial charge in [0, 0.05) is 11.1 Å². The van der Waals surface area contributed by atoms with E-state index in [4.69, 9.17) is 0 Å². The van der Waals surface area contributed by atoms with Crippen molar-refractivity contribution in [2.24, 2.45) is 0 Å². The van der Waals surface area contributed by atoms with E-state index in [-0.39, 0.29) is 17.2 Å². The first kappa shape index (κ1) is 15.7. The highest BCUT2D eigenvalue weighted by molar-refractivity contribution is 5.80. The van der Waals surface area contributed by atoms with Crippen LogP contribution >= 0.6 is 0 Å². The lowest BCUT2D eigenvalue weighted by Gasteiger charge is -2.14. The van der Waals surface area contributed by atoms with Crippen molar-refractivity contribution in [1.82, 2.24) is 0 Å². The van der Waals surface area contributed by atoms with Crippen LogP contribution in [0.1, 0.15) is 16.7 Å². The van der Waals surface area contributed by atoms with E-state index in [1.807, 2.05) is 6.07 Å². The monoisotopic (exact) mass is 296 g/mol. The van der Waals surface area contributed by atoms with Gasteiger partial charge in [-0.15, -0.1) is 13.2 Å². The van der Waals surface area contributed by atoms with Crippen molar-refractivity contribution in [3.8, 4) is 28.4 Å². The first-order valence-electron chi connectivity index (χ1n) is 7.07. The van der Waals surface area contributed by atoms with Gasteiger partial charge in [0.2, 0.25) is 0 Å². The molecule has 0 aromatic heterocycles. The Morgan fingerprint density at radius 3 is 1.86 bits per heavy atom. The lowest BCUT2D eigenvalue weighted by Crippen LogP contribution is -1.91. The molecule has 0 saturated carbocycles. The van der Waals surface area contributed by atoms with Crippen LogP contribution in [0.4, 0.5) is 0 Å². The van der Waals surface area contributed by atoms with E-state index in [1.54, 1.807) is 31.2 Å². The summed E-state index contributed by atoms with van der Waals surface area (Å²) in [7, 11) is 0. The van der Waals surface area contributed by atoms with Gasteiger partial charge in [-0.3, -0.25) is 0 Å². The standard InChI is InChI=1S/C19H20O3/c1-4-6-13-8-12(3)18(21)15(9-13)16-10-14(7-5-2)11-17(20)19(16)22/h4-5,8-11,20-22H,1-2,6-7H2,3H3. The SMILES string of the molecule is C=CCc1cc(C)c(O)c(-c2cc(CC=C)cc(O)c2O)c1. The van der Waals surface area contributed by atoms with Crippen LogP contribution in [0.2, 0.25) is 0 Å². The number of phenolic OH excluding ortho intramolecular Hbond substituents is 3. The highest BCUT2D eigenvalue weighted by Gasteiger charge is 2.16. The first-order valence-corrected chi connectivity index (χ1v) is 7.07. The molecule has 2 rings (SSSR count). The summed E-state index contributed by atoms with van der Waals surface area (Å²) in [6.07, 6.45) is 4.72. The number of benzene rings is 2. The third-order valence-electron chi connectivity index (χ3n) is 3.56. The van der Waals surface area contributed by atoms with Gasteiger partial charge in [0.05, 0.1) is 0 Å². The summed E-state index contributed by atoms with van der Waals surface area (Å²) < 4.78 is 0. The predicted octanol–water partition coefficient (Wildman–Crippen LogP) is 4.24. The Labute approximate surface area is 130 Å². The molecule has 0 bridgehead atoms. The molecule has 0 unspecified atom stereocenters. The largest absolute Gasteiger partial charge is 0.507 e. The van der Waals surface area contributed by atoms with Crippen molar-refractivity contribution in [1.29, 1.82) is 0 Å². The topological polar surface area (TPSA) is 60.7 Å². The minimum Gasteiger partial charge on any atom is -0.507 e. The van der Waals surface area contributed by atoms with Gasteiger partial charge >= 0.3 is 0 Å². The molecule has 3 N–H and O–H groups in total. The van der Waals surface area contributed by atoms with Gasteiger partial charge in [-0.25, -0.2) is 0 Å².